The number of nitrogens with zero attached hydrogens (tertiary/aromatic N) is 1. The van der Waals surface area contributed by atoms with E-state index in [1.54, 1.807) is 0 Å². The monoisotopic (exact) mass is 267 g/mol. The molecule has 0 radical (unpaired) electrons. The minimum atomic E-state index is 0.177. The molecule has 0 bridgehead atoms. The maximum Gasteiger partial charge on any atom is 0.224 e. The summed E-state index contributed by atoms with van der Waals surface area (Å²) in [5.41, 5.74) is 0. The number of rotatable bonds is 5. The molecule has 2 aliphatic heterocycles. The molecule has 19 heavy (non-hydrogen) atoms. The van der Waals surface area contributed by atoms with Crippen molar-refractivity contribution >= 4 is 5.91 Å². The second-order valence-corrected chi connectivity index (χ2v) is 6.41. The molecular formula is C15H29N3O. The van der Waals surface area contributed by atoms with Crippen LogP contribution in [0.3, 0.4) is 0 Å². The normalized spacial score (nSPS) is 29.6. The highest BCUT2D eigenvalue weighted by atomic mass is 16.1. The zero-order valence-electron chi connectivity index (χ0n) is 12.5. The predicted octanol–water partition coefficient (Wildman–Crippen LogP) is 1.08. The number of hydrogen-bond acceptors (Lipinski definition) is 3. The molecule has 4 nitrogen and oxygen atoms in total. The van der Waals surface area contributed by atoms with Crippen LogP contribution in [0.2, 0.25) is 0 Å². The van der Waals surface area contributed by atoms with Crippen molar-refractivity contribution < 1.29 is 4.79 Å². The third kappa shape index (κ3) is 4.46. The summed E-state index contributed by atoms with van der Waals surface area (Å²) in [4.78, 5) is 14.5. The third-order valence-electron chi connectivity index (χ3n) is 4.68. The van der Waals surface area contributed by atoms with Gasteiger partial charge in [-0.05, 0) is 57.3 Å². The number of nitrogens with one attached hydrogen (secondary N) is 2. The number of piperidine rings is 1. The van der Waals surface area contributed by atoms with Crippen LogP contribution in [0.15, 0.2) is 0 Å². The molecule has 2 unspecified atom stereocenters. The zero-order chi connectivity index (χ0) is 13.7. The van der Waals surface area contributed by atoms with Crippen LogP contribution in [0.4, 0.5) is 0 Å². The molecule has 2 fully saturated rings. The minimum absolute atomic E-state index is 0.177. The van der Waals surface area contributed by atoms with E-state index in [0.717, 1.165) is 38.5 Å². The highest BCUT2D eigenvalue weighted by Crippen LogP contribution is 2.16. The molecule has 2 heterocycles. The first-order chi connectivity index (χ1) is 9.16. The molecule has 0 aliphatic carbocycles. The number of hydrogen-bond donors (Lipinski definition) is 2. The van der Waals surface area contributed by atoms with Crippen LogP contribution < -0.4 is 10.6 Å². The summed E-state index contributed by atoms with van der Waals surface area (Å²) in [5.74, 6) is 1.79. The number of likely N-dealkylation sites (tertiary alicyclic amines) is 1. The molecule has 2 N–H and O–H groups in total. The first-order valence-electron chi connectivity index (χ1n) is 7.87. The first kappa shape index (κ1) is 14.8. The van der Waals surface area contributed by atoms with Gasteiger partial charge in [0.25, 0.3) is 0 Å². The standard InChI is InChI=1S/C15H29N3O/c1-12-4-8-18(9-5-12)7-3-6-17-15(19)14-11-16-10-13(14)2/h12-14,16H,3-11H2,1-2H3,(H,17,19). The van der Waals surface area contributed by atoms with E-state index in [9.17, 15) is 4.79 Å². The number of amides is 1. The molecule has 0 saturated carbocycles. The van der Waals surface area contributed by atoms with Gasteiger partial charge in [0.05, 0.1) is 5.92 Å². The van der Waals surface area contributed by atoms with Crippen molar-refractivity contribution in [1.29, 1.82) is 0 Å². The van der Waals surface area contributed by atoms with Gasteiger partial charge in [0.2, 0.25) is 5.91 Å². The van der Waals surface area contributed by atoms with Gasteiger partial charge >= 0.3 is 0 Å². The average molecular weight is 267 g/mol. The predicted molar refractivity (Wildman–Crippen MR) is 78.0 cm³/mol. The summed E-state index contributed by atoms with van der Waals surface area (Å²) in [6, 6.07) is 0. The van der Waals surface area contributed by atoms with E-state index in [1.165, 1.54) is 25.9 Å². The summed E-state index contributed by atoms with van der Waals surface area (Å²) >= 11 is 0. The molecule has 2 atom stereocenters. The Kier molecular flexibility index (Phi) is 5.64. The molecule has 0 spiro atoms. The van der Waals surface area contributed by atoms with Gasteiger partial charge in [-0.1, -0.05) is 13.8 Å². The lowest BCUT2D eigenvalue weighted by Crippen LogP contribution is -2.38. The van der Waals surface area contributed by atoms with E-state index >= 15 is 0 Å². The summed E-state index contributed by atoms with van der Waals surface area (Å²) in [6.45, 7) is 10.7. The Morgan fingerprint density at radius 2 is 2.00 bits per heavy atom. The molecule has 0 aromatic heterocycles. The Morgan fingerprint density at radius 1 is 1.26 bits per heavy atom. The summed E-state index contributed by atoms with van der Waals surface area (Å²) in [5, 5.41) is 6.38. The van der Waals surface area contributed by atoms with Crippen molar-refractivity contribution in [2.24, 2.45) is 17.8 Å². The Labute approximate surface area is 117 Å². The van der Waals surface area contributed by atoms with Gasteiger partial charge in [-0.25, -0.2) is 0 Å². The van der Waals surface area contributed by atoms with Crippen molar-refractivity contribution in [2.45, 2.75) is 33.1 Å². The van der Waals surface area contributed by atoms with Crippen molar-refractivity contribution in [3.05, 3.63) is 0 Å². The van der Waals surface area contributed by atoms with E-state index < -0.39 is 0 Å². The highest BCUT2D eigenvalue weighted by Gasteiger charge is 2.29. The minimum Gasteiger partial charge on any atom is -0.356 e. The van der Waals surface area contributed by atoms with E-state index in [-0.39, 0.29) is 11.8 Å². The Bertz CT molecular complexity index is 287. The van der Waals surface area contributed by atoms with Crippen LogP contribution >= 0.6 is 0 Å². The van der Waals surface area contributed by atoms with Gasteiger partial charge < -0.3 is 15.5 Å². The molecule has 0 aromatic carbocycles. The number of carbonyl (C=O) groups is 1. The van der Waals surface area contributed by atoms with Crippen molar-refractivity contribution in [1.82, 2.24) is 15.5 Å². The lowest BCUT2D eigenvalue weighted by molar-refractivity contribution is -0.125. The van der Waals surface area contributed by atoms with Gasteiger partial charge in [-0.15, -0.1) is 0 Å². The number of carbonyl (C=O) groups excluding carboxylic acids is 1. The second-order valence-electron chi connectivity index (χ2n) is 6.41. The van der Waals surface area contributed by atoms with Crippen molar-refractivity contribution in [3.63, 3.8) is 0 Å². The Balaban J connectivity index is 1.55. The average Bonchev–Trinajstić information content (AvgIpc) is 2.83. The van der Waals surface area contributed by atoms with E-state index in [2.05, 4.69) is 29.4 Å². The van der Waals surface area contributed by atoms with Crippen molar-refractivity contribution in [3.8, 4) is 0 Å². The van der Waals surface area contributed by atoms with Crippen LogP contribution in [0.5, 0.6) is 0 Å². The fraction of sp³-hybridized carbons (Fsp3) is 0.933. The molecule has 0 aromatic rings. The molecule has 1 amide bonds. The molecule has 2 rings (SSSR count). The summed E-state index contributed by atoms with van der Waals surface area (Å²) < 4.78 is 0. The summed E-state index contributed by atoms with van der Waals surface area (Å²) in [7, 11) is 0. The lowest BCUT2D eigenvalue weighted by Gasteiger charge is -2.30. The highest BCUT2D eigenvalue weighted by molar-refractivity contribution is 5.79. The van der Waals surface area contributed by atoms with E-state index in [0.29, 0.717) is 5.92 Å². The first-order valence-corrected chi connectivity index (χ1v) is 7.87. The SMILES string of the molecule is CC1CCN(CCCNC(=O)C2CNCC2C)CC1. The van der Waals surface area contributed by atoms with Gasteiger partial charge in [0, 0.05) is 13.1 Å². The van der Waals surface area contributed by atoms with Crippen LogP contribution in [0, 0.1) is 17.8 Å². The van der Waals surface area contributed by atoms with Gasteiger partial charge in [-0.3, -0.25) is 4.79 Å². The van der Waals surface area contributed by atoms with Crippen molar-refractivity contribution in [2.75, 3.05) is 39.3 Å². The molecular weight excluding hydrogens is 238 g/mol. The summed E-state index contributed by atoms with van der Waals surface area (Å²) in [6.07, 6.45) is 3.74. The second kappa shape index (κ2) is 7.25. The fourth-order valence-electron chi connectivity index (χ4n) is 3.09. The maximum absolute atomic E-state index is 12.0. The Hall–Kier alpha value is -0.610. The van der Waals surface area contributed by atoms with Crippen LogP contribution in [-0.4, -0.2) is 50.1 Å². The van der Waals surface area contributed by atoms with E-state index in [1.807, 2.05) is 0 Å². The van der Waals surface area contributed by atoms with Gasteiger partial charge in [0.15, 0.2) is 0 Å². The molecule has 110 valence electrons. The topological polar surface area (TPSA) is 44.4 Å². The fourth-order valence-corrected chi connectivity index (χ4v) is 3.09. The van der Waals surface area contributed by atoms with Gasteiger partial charge in [-0.2, -0.15) is 0 Å². The quantitative estimate of drug-likeness (QED) is 0.733. The van der Waals surface area contributed by atoms with Crippen LogP contribution in [-0.2, 0) is 4.79 Å². The Morgan fingerprint density at radius 3 is 2.63 bits per heavy atom. The largest absolute Gasteiger partial charge is 0.356 e. The smallest absolute Gasteiger partial charge is 0.224 e. The zero-order valence-corrected chi connectivity index (χ0v) is 12.5. The molecule has 2 saturated heterocycles. The third-order valence-corrected chi connectivity index (χ3v) is 4.68. The van der Waals surface area contributed by atoms with Crippen LogP contribution in [0.1, 0.15) is 33.1 Å². The molecule has 4 heteroatoms. The lowest BCUT2D eigenvalue weighted by atomic mass is 9.97. The van der Waals surface area contributed by atoms with E-state index in [4.69, 9.17) is 0 Å². The maximum atomic E-state index is 12.0. The van der Waals surface area contributed by atoms with Crippen LogP contribution in [0.25, 0.3) is 0 Å². The molecule has 2 aliphatic rings. The van der Waals surface area contributed by atoms with Gasteiger partial charge in [0.1, 0.15) is 0 Å².